The second-order valence-corrected chi connectivity index (χ2v) is 6.13. The highest BCUT2D eigenvalue weighted by Gasteiger charge is 2.21. The zero-order valence-corrected chi connectivity index (χ0v) is 13.5. The number of rotatable bonds is 7. The Morgan fingerprint density at radius 2 is 1.54 bits per heavy atom. The van der Waals surface area contributed by atoms with Crippen molar-refractivity contribution in [3.05, 3.63) is 35.9 Å². The van der Waals surface area contributed by atoms with E-state index in [1.54, 1.807) is 0 Å². The van der Waals surface area contributed by atoms with Crippen LogP contribution in [0.2, 0.25) is 0 Å². The Morgan fingerprint density at radius 1 is 1.00 bits per heavy atom. The van der Waals surface area contributed by atoms with Gasteiger partial charge in [-0.05, 0) is 30.2 Å². The number of ether oxygens (including phenoxy) is 2. The summed E-state index contributed by atoms with van der Waals surface area (Å²) in [6.07, 6.45) is 2.88. The fraction of sp³-hybridized carbons (Fsp3) is 0.727. The van der Waals surface area contributed by atoms with Crippen LogP contribution in [0.5, 0.6) is 0 Å². The maximum Gasteiger partial charge on any atom is 0.104 e. The van der Waals surface area contributed by atoms with Crippen molar-refractivity contribution in [2.24, 2.45) is 5.92 Å². The molecule has 1 saturated heterocycles. The molecule has 1 aromatic rings. The highest BCUT2D eigenvalue weighted by molar-refractivity contribution is 5.17. The fourth-order valence-corrected chi connectivity index (χ4v) is 1.81. The summed E-state index contributed by atoms with van der Waals surface area (Å²) in [5.41, 5.74) is 1.41. The Balaban J connectivity index is -0.000000145. The molecule has 1 heterocycles. The summed E-state index contributed by atoms with van der Waals surface area (Å²) < 4.78 is 10.4. The summed E-state index contributed by atoms with van der Waals surface area (Å²) in [5.74, 6) is 1.46. The van der Waals surface area contributed by atoms with Crippen LogP contribution in [0.1, 0.15) is 81.7 Å². The Labute approximate surface area is 154 Å². The second-order valence-electron chi connectivity index (χ2n) is 6.13. The molecule has 0 spiro atoms. The molecule has 146 valence electrons. The van der Waals surface area contributed by atoms with Gasteiger partial charge in [-0.1, -0.05) is 87.7 Å². The molecule has 0 bridgehead atoms. The van der Waals surface area contributed by atoms with Crippen LogP contribution in [0.25, 0.3) is 0 Å². The molecule has 2 rings (SSSR count). The predicted octanol–water partition coefficient (Wildman–Crippen LogP) is 7.19. The molecule has 1 aliphatic heterocycles. The smallest absolute Gasteiger partial charge is 0.104 e. The number of epoxide rings is 1. The van der Waals surface area contributed by atoms with E-state index >= 15 is 0 Å². The van der Waals surface area contributed by atoms with Crippen molar-refractivity contribution in [3.8, 4) is 0 Å². The molecule has 2 heteroatoms. The second kappa shape index (κ2) is 18.5. The lowest BCUT2D eigenvalue weighted by Crippen LogP contribution is -2.03. The van der Waals surface area contributed by atoms with Crippen molar-refractivity contribution in [3.63, 3.8) is 0 Å². The monoisotopic (exact) mass is 342 g/mol. The van der Waals surface area contributed by atoms with Gasteiger partial charge in [0, 0.05) is 6.61 Å². The quantitative estimate of drug-likeness (QED) is 0.386. The van der Waals surface area contributed by atoms with Crippen molar-refractivity contribution < 1.29 is 9.47 Å². The van der Waals surface area contributed by atoms with Crippen molar-refractivity contribution in [1.29, 1.82) is 0 Å². The van der Waals surface area contributed by atoms with Crippen LogP contribution in [-0.2, 0) is 9.47 Å². The number of hydrogen-bond acceptors (Lipinski definition) is 2. The molecule has 0 aliphatic carbocycles. The van der Waals surface area contributed by atoms with E-state index in [1.165, 1.54) is 18.4 Å². The molecule has 1 atom stereocenters. The van der Waals surface area contributed by atoms with E-state index in [1.807, 2.05) is 6.07 Å². The lowest BCUT2D eigenvalue weighted by molar-refractivity contribution is 0.111. The third-order valence-corrected chi connectivity index (χ3v) is 3.24. The average Bonchev–Trinajstić information content (AvgIpc) is 3.24. The van der Waals surface area contributed by atoms with Gasteiger partial charge in [0.05, 0.1) is 13.2 Å². The van der Waals surface area contributed by atoms with Crippen LogP contribution in [0.3, 0.4) is 0 Å². The molecule has 24 heavy (non-hydrogen) atoms. The summed E-state index contributed by atoms with van der Waals surface area (Å²) >= 11 is 0. The van der Waals surface area contributed by atoms with Crippen LogP contribution >= 0.6 is 0 Å². The van der Waals surface area contributed by atoms with Gasteiger partial charge in [-0.25, -0.2) is 0 Å². The van der Waals surface area contributed by atoms with E-state index in [-0.39, 0.29) is 29.7 Å². The molecule has 0 amide bonds. The lowest BCUT2D eigenvalue weighted by Gasteiger charge is -2.04. The zero-order valence-electron chi connectivity index (χ0n) is 13.5. The van der Waals surface area contributed by atoms with Gasteiger partial charge in [-0.3, -0.25) is 0 Å². The molecule has 0 N–H and O–H groups in total. The Hall–Kier alpha value is -0.860. The predicted molar refractivity (Wildman–Crippen MR) is 112 cm³/mol. The highest BCUT2D eigenvalue weighted by Crippen LogP contribution is 2.11. The van der Waals surface area contributed by atoms with E-state index in [0.717, 1.165) is 25.7 Å². The molecule has 1 aliphatic rings. The standard InChI is InChI=1S/C9H18O2.C9H12.4CH4/c1-8(2)4-3-5-10-6-9-7-11-9;1-8(2)9-6-4-3-5-7-9;;;;/h8-9H,3-7H2,1-2H3;3-8H,1-2H3;4*1H4. The molecule has 0 saturated carbocycles. The van der Waals surface area contributed by atoms with Crippen LogP contribution in [0.4, 0.5) is 0 Å². The summed E-state index contributed by atoms with van der Waals surface area (Å²) in [6, 6.07) is 10.5. The largest absolute Gasteiger partial charge is 0.379 e. The molecule has 0 radical (unpaired) electrons. The van der Waals surface area contributed by atoms with Gasteiger partial charge in [-0.2, -0.15) is 0 Å². The third-order valence-electron chi connectivity index (χ3n) is 3.24. The normalized spacial score (nSPS) is 14.2. The van der Waals surface area contributed by atoms with E-state index in [0.29, 0.717) is 12.0 Å². The van der Waals surface area contributed by atoms with Crippen molar-refractivity contribution in [2.45, 2.75) is 82.3 Å². The van der Waals surface area contributed by atoms with Gasteiger partial charge in [0.1, 0.15) is 6.10 Å². The first-order valence-electron chi connectivity index (χ1n) is 7.84. The van der Waals surface area contributed by atoms with Gasteiger partial charge < -0.3 is 9.47 Å². The Bertz CT molecular complexity index is 325. The Morgan fingerprint density at radius 3 is 1.92 bits per heavy atom. The summed E-state index contributed by atoms with van der Waals surface area (Å²) in [4.78, 5) is 0. The summed E-state index contributed by atoms with van der Waals surface area (Å²) in [6.45, 7) is 11.5. The molecule has 1 unspecified atom stereocenters. The minimum absolute atomic E-state index is 0. The zero-order chi connectivity index (χ0) is 14.8. The minimum Gasteiger partial charge on any atom is -0.379 e. The van der Waals surface area contributed by atoms with Crippen LogP contribution < -0.4 is 0 Å². The molecular formula is C22H46O2. The maximum absolute atomic E-state index is 5.38. The SMILES string of the molecule is C.C.C.C.CC(C)CCCOCC1CO1.CC(C)c1ccccc1. The van der Waals surface area contributed by atoms with Crippen LogP contribution in [-0.4, -0.2) is 25.9 Å². The molecule has 1 aromatic carbocycles. The van der Waals surface area contributed by atoms with Crippen molar-refractivity contribution in [1.82, 2.24) is 0 Å². The fourth-order valence-electron chi connectivity index (χ4n) is 1.81. The maximum atomic E-state index is 5.38. The van der Waals surface area contributed by atoms with Gasteiger partial charge in [0.25, 0.3) is 0 Å². The average molecular weight is 343 g/mol. The van der Waals surface area contributed by atoms with Gasteiger partial charge in [-0.15, -0.1) is 0 Å². The van der Waals surface area contributed by atoms with Crippen molar-refractivity contribution in [2.75, 3.05) is 19.8 Å². The summed E-state index contributed by atoms with van der Waals surface area (Å²) in [7, 11) is 0. The lowest BCUT2D eigenvalue weighted by atomic mass is 10.0. The van der Waals surface area contributed by atoms with Crippen LogP contribution in [0.15, 0.2) is 30.3 Å². The first kappa shape index (κ1) is 31.0. The van der Waals surface area contributed by atoms with Crippen molar-refractivity contribution >= 4 is 0 Å². The van der Waals surface area contributed by atoms with E-state index in [4.69, 9.17) is 9.47 Å². The first-order valence-corrected chi connectivity index (χ1v) is 7.84. The summed E-state index contributed by atoms with van der Waals surface area (Å²) in [5, 5.41) is 0. The first-order chi connectivity index (χ1) is 9.59. The molecular weight excluding hydrogens is 296 g/mol. The van der Waals surface area contributed by atoms with E-state index in [2.05, 4.69) is 52.0 Å². The van der Waals surface area contributed by atoms with Gasteiger partial charge in [0.2, 0.25) is 0 Å². The third kappa shape index (κ3) is 17.5. The van der Waals surface area contributed by atoms with E-state index in [9.17, 15) is 0 Å². The van der Waals surface area contributed by atoms with Gasteiger partial charge in [0.15, 0.2) is 0 Å². The highest BCUT2D eigenvalue weighted by atomic mass is 16.6. The molecule has 0 aromatic heterocycles. The number of benzene rings is 1. The number of hydrogen-bond donors (Lipinski definition) is 0. The molecule has 2 nitrogen and oxygen atoms in total. The topological polar surface area (TPSA) is 21.8 Å². The van der Waals surface area contributed by atoms with Crippen LogP contribution in [0, 0.1) is 5.92 Å². The minimum atomic E-state index is 0. The van der Waals surface area contributed by atoms with Gasteiger partial charge >= 0.3 is 0 Å². The van der Waals surface area contributed by atoms with E-state index < -0.39 is 0 Å². The molecule has 1 fully saturated rings. The Kier molecular flexibility index (Phi) is 23.8.